The van der Waals surface area contributed by atoms with Crippen LogP contribution in [0.4, 0.5) is 0 Å². The topological polar surface area (TPSA) is 49.4 Å². The molecular formula is C18H32N2O2. The van der Waals surface area contributed by atoms with Gasteiger partial charge in [0, 0.05) is 32.5 Å². The van der Waals surface area contributed by atoms with E-state index in [0.29, 0.717) is 18.4 Å². The van der Waals surface area contributed by atoms with E-state index < -0.39 is 0 Å². The Hall–Kier alpha value is -1.06. The Kier molecular flexibility index (Phi) is 7.20. The first kappa shape index (κ1) is 17.3. The van der Waals surface area contributed by atoms with Crippen molar-refractivity contribution in [1.82, 2.24) is 10.2 Å². The molecule has 2 rings (SSSR count). The normalized spacial score (nSPS) is 22.8. The molecule has 1 aliphatic carbocycles. The highest BCUT2D eigenvalue weighted by Gasteiger charge is 2.34. The highest BCUT2D eigenvalue weighted by atomic mass is 16.2. The lowest BCUT2D eigenvalue weighted by Gasteiger charge is -2.34. The molecule has 22 heavy (non-hydrogen) atoms. The van der Waals surface area contributed by atoms with Crippen LogP contribution >= 0.6 is 0 Å². The van der Waals surface area contributed by atoms with Crippen LogP contribution in [0, 0.1) is 5.92 Å². The molecule has 2 amide bonds. The van der Waals surface area contributed by atoms with Crippen LogP contribution in [0.1, 0.15) is 77.6 Å². The summed E-state index contributed by atoms with van der Waals surface area (Å²) in [6.07, 6.45) is 12.8. The third-order valence-corrected chi connectivity index (χ3v) is 5.25. The maximum absolute atomic E-state index is 12.5. The summed E-state index contributed by atoms with van der Waals surface area (Å²) >= 11 is 0. The fourth-order valence-electron chi connectivity index (χ4n) is 4.10. The molecule has 0 aromatic rings. The van der Waals surface area contributed by atoms with E-state index in [4.69, 9.17) is 0 Å². The first-order chi connectivity index (χ1) is 10.7. The average molecular weight is 308 g/mol. The van der Waals surface area contributed by atoms with E-state index in [1.807, 2.05) is 0 Å². The van der Waals surface area contributed by atoms with Gasteiger partial charge in [-0.05, 0) is 44.4 Å². The quantitative estimate of drug-likeness (QED) is 0.734. The Morgan fingerprint density at radius 2 is 1.77 bits per heavy atom. The lowest BCUT2D eigenvalue weighted by Crippen LogP contribution is -2.40. The van der Waals surface area contributed by atoms with Crippen molar-refractivity contribution < 1.29 is 9.59 Å². The minimum absolute atomic E-state index is 0.0310. The lowest BCUT2D eigenvalue weighted by atomic mass is 9.83. The number of carbonyl (C=O) groups excluding carboxylic acids is 2. The van der Waals surface area contributed by atoms with Crippen LogP contribution in [0.15, 0.2) is 0 Å². The monoisotopic (exact) mass is 308 g/mol. The molecule has 4 heteroatoms. The fourth-order valence-corrected chi connectivity index (χ4v) is 4.10. The number of hydrogen-bond acceptors (Lipinski definition) is 2. The van der Waals surface area contributed by atoms with Crippen molar-refractivity contribution in [1.29, 1.82) is 0 Å². The molecule has 0 radical (unpaired) electrons. The molecule has 1 saturated heterocycles. The molecule has 1 atom stereocenters. The second kappa shape index (κ2) is 9.16. The maximum atomic E-state index is 12.5. The zero-order valence-electron chi connectivity index (χ0n) is 14.1. The van der Waals surface area contributed by atoms with Crippen molar-refractivity contribution in [3.63, 3.8) is 0 Å². The number of nitrogens with one attached hydrogen (secondary N) is 1. The van der Waals surface area contributed by atoms with Gasteiger partial charge in [-0.15, -0.1) is 0 Å². The number of likely N-dealkylation sites (tertiary alicyclic amines) is 1. The first-order valence-electron chi connectivity index (χ1n) is 9.22. The number of amides is 2. The van der Waals surface area contributed by atoms with Crippen LogP contribution in [-0.2, 0) is 9.59 Å². The lowest BCUT2D eigenvalue weighted by molar-refractivity contribution is -0.133. The first-order valence-corrected chi connectivity index (χ1v) is 9.22. The molecule has 2 fully saturated rings. The third-order valence-electron chi connectivity index (χ3n) is 5.25. The van der Waals surface area contributed by atoms with Crippen molar-refractivity contribution in [3.8, 4) is 0 Å². The minimum Gasteiger partial charge on any atom is -0.356 e. The summed E-state index contributed by atoms with van der Waals surface area (Å²) in [6, 6.07) is 0.534. The number of unbranched alkanes of at least 4 members (excludes halogenated alkanes) is 2. The second-order valence-electron chi connectivity index (χ2n) is 6.99. The Morgan fingerprint density at radius 3 is 2.50 bits per heavy atom. The molecular weight excluding hydrogens is 276 g/mol. The van der Waals surface area contributed by atoms with E-state index in [9.17, 15) is 9.59 Å². The number of carbonyl (C=O) groups is 2. The molecule has 0 aromatic heterocycles. The molecule has 1 unspecified atom stereocenters. The fraction of sp³-hybridized carbons (Fsp3) is 0.889. The van der Waals surface area contributed by atoms with E-state index in [-0.39, 0.29) is 5.91 Å². The van der Waals surface area contributed by atoms with Crippen molar-refractivity contribution in [2.45, 2.75) is 83.6 Å². The molecule has 0 spiro atoms. The highest BCUT2D eigenvalue weighted by molar-refractivity contribution is 5.76. The molecule has 1 aliphatic heterocycles. The van der Waals surface area contributed by atoms with Crippen LogP contribution < -0.4 is 5.32 Å². The van der Waals surface area contributed by atoms with Gasteiger partial charge in [0.2, 0.25) is 11.8 Å². The Labute approximate surface area is 135 Å². The summed E-state index contributed by atoms with van der Waals surface area (Å²) in [5.74, 6) is 1.16. The van der Waals surface area contributed by atoms with Crippen LogP contribution in [0.3, 0.4) is 0 Å². The minimum atomic E-state index is 0.0310. The van der Waals surface area contributed by atoms with Crippen molar-refractivity contribution in [3.05, 3.63) is 0 Å². The van der Waals surface area contributed by atoms with Gasteiger partial charge in [-0.1, -0.05) is 25.7 Å². The summed E-state index contributed by atoms with van der Waals surface area (Å²) < 4.78 is 0. The zero-order valence-corrected chi connectivity index (χ0v) is 14.1. The standard InChI is InChI=1S/C18H32N2O2/c1-15(21)19-13-7-3-6-12-18(22)20-14-8-11-17(20)16-9-4-2-5-10-16/h16-17H,2-14H2,1H3,(H,19,21). The summed E-state index contributed by atoms with van der Waals surface area (Å²) in [6.45, 7) is 3.26. The summed E-state index contributed by atoms with van der Waals surface area (Å²) in [5, 5.41) is 2.80. The Balaban J connectivity index is 1.66. The molecule has 1 N–H and O–H groups in total. The zero-order chi connectivity index (χ0) is 15.8. The SMILES string of the molecule is CC(=O)NCCCCCC(=O)N1CCCC1C1CCCCC1. The predicted octanol–water partition coefficient (Wildman–Crippen LogP) is 3.25. The highest BCUT2D eigenvalue weighted by Crippen LogP contribution is 2.34. The van der Waals surface area contributed by atoms with E-state index in [1.54, 1.807) is 6.92 Å². The number of hydrogen-bond donors (Lipinski definition) is 1. The molecule has 1 saturated carbocycles. The van der Waals surface area contributed by atoms with Gasteiger partial charge in [-0.2, -0.15) is 0 Å². The van der Waals surface area contributed by atoms with E-state index >= 15 is 0 Å². The number of nitrogens with zero attached hydrogens (tertiary/aromatic N) is 1. The van der Waals surface area contributed by atoms with Gasteiger partial charge >= 0.3 is 0 Å². The summed E-state index contributed by atoms with van der Waals surface area (Å²) in [7, 11) is 0. The van der Waals surface area contributed by atoms with Crippen molar-refractivity contribution in [2.24, 2.45) is 5.92 Å². The van der Waals surface area contributed by atoms with Gasteiger partial charge < -0.3 is 10.2 Å². The van der Waals surface area contributed by atoms with E-state index in [2.05, 4.69) is 10.2 Å². The number of rotatable bonds is 7. The smallest absolute Gasteiger partial charge is 0.222 e. The molecule has 0 bridgehead atoms. The second-order valence-corrected chi connectivity index (χ2v) is 6.99. The van der Waals surface area contributed by atoms with E-state index in [1.165, 1.54) is 44.9 Å². The van der Waals surface area contributed by atoms with Gasteiger partial charge in [-0.3, -0.25) is 9.59 Å². The van der Waals surface area contributed by atoms with Gasteiger partial charge in [-0.25, -0.2) is 0 Å². The third kappa shape index (κ3) is 5.29. The summed E-state index contributed by atoms with van der Waals surface area (Å²) in [5.41, 5.74) is 0. The largest absolute Gasteiger partial charge is 0.356 e. The van der Waals surface area contributed by atoms with Gasteiger partial charge in [0.25, 0.3) is 0 Å². The maximum Gasteiger partial charge on any atom is 0.222 e. The van der Waals surface area contributed by atoms with Gasteiger partial charge in [0.1, 0.15) is 0 Å². The van der Waals surface area contributed by atoms with E-state index in [0.717, 1.165) is 38.3 Å². The molecule has 4 nitrogen and oxygen atoms in total. The van der Waals surface area contributed by atoms with Gasteiger partial charge in [0.15, 0.2) is 0 Å². The van der Waals surface area contributed by atoms with Crippen molar-refractivity contribution >= 4 is 11.8 Å². The average Bonchev–Trinajstić information content (AvgIpc) is 3.00. The Bertz CT molecular complexity index is 364. The van der Waals surface area contributed by atoms with Gasteiger partial charge in [0.05, 0.1) is 0 Å². The molecule has 126 valence electrons. The Morgan fingerprint density at radius 1 is 1.00 bits per heavy atom. The van der Waals surface area contributed by atoms with Crippen molar-refractivity contribution in [2.75, 3.05) is 13.1 Å². The van der Waals surface area contributed by atoms with Crippen LogP contribution in [0.25, 0.3) is 0 Å². The molecule has 2 aliphatic rings. The van der Waals surface area contributed by atoms with Crippen LogP contribution in [-0.4, -0.2) is 35.8 Å². The predicted molar refractivity (Wildman–Crippen MR) is 88.5 cm³/mol. The van der Waals surface area contributed by atoms with Crippen LogP contribution in [0.2, 0.25) is 0 Å². The molecule has 1 heterocycles. The summed E-state index contributed by atoms with van der Waals surface area (Å²) in [4.78, 5) is 25.5. The molecule has 0 aromatic carbocycles. The van der Waals surface area contributed by atoms with Crippen LogP contribution in [0.5, 0.6) is 0 Å².